The second kappa shape index (κ2) is 5.46. The van der Waals surface area contributed by atoms with E-state index in [4.69, 9.17) is 4.74 Å². The molecule has 2 bridgehead atoms. The maximum atomic E-state index is 12.2. The minimum absolute atomic E-state index is 0.00455. The average molecular weight is 358 g/mol. The van der Waals surface area contributed by atoms with Crippen LogP contribution in [-0.2, 0) is 14.3 Å². The van der Waals surface area contributed by atoms with E-state index < -0.39 is 11.4 Å². The maximum Gasteiger partial charge on any atom is 0.309 e. The number of carbonyl (C=O) groups is 2. The van der Waals surface area contributed by atoms with Gasteiger partial charge in [-0.2, -0.15) is 0 Å². The molecule has 142 valence electrons. The number of allylic oxidation sites excluding steroid dienone is 2. The van der Waals surface area contributed by atoms with E-state index in [1.807, 2.05) is 6.92 Å². The zero-order chi connectivity index (χ0) is 18.9. The van der Waals surface area contributed by atoms with Crippen molar-refractivity contribution in [2.45, 2.75) is 71.8 Å². The van der Waals surface area contributed by atoms with Crippen LogP contribution >= 0.6 is 0 Å². The first-order chi connectivity index (χ1) is 12.1. The quantitative estimate of drug-likeness (QED) is 0.583. The minimum atomic E-state index is -0.762. The van der Waals surface area contributed by atoms with Crippen LogP contribution in [0.3, 0.4) is 0 Å². The van der Waals surface area contributed by atoms with Gasteiger partial charge >= 0.3 is 11.9 Å². The summed E-state index contributed by atoms with van der Waals surface area (Å²) in [4.78, 5) is 24.1. The minimum Gasteiger partial charge on any atom is -0.481 e. The van der Waals surface area contributed by atoms with Crippen molar-refractivity contribution in [3.8, 4) is 0 Å². The van der Waals surface area contributed by atoms with Gasteiger partial charge in [0.1, 0.15) is 6.10 Å². The lowest BCUT2D eigenvalue weighted by atomic mass is 9.40. The average Bonchev–Trinajstić information content (AvgIpc) is 2.56. The molecule has 0 heterocycles. The van der Waals surface area contributed by atoms with Gasteiger partial charge in [0.2, 0.25) is 0 Å². The third kappa shape index (κ3) is 2.13. The van der Waals surface area contributed by atoms with E-state index in [0.29, 0.717) is 18.8 Å². The summed E-state index contributed by atoms with van der Waals surface area (Å²) in [6, 6.07) is 0. The van der Waals surface area contributed by atoms with Crippen molar-refractivity contribution in [3.05, 3.63) is 23.8 Å². The molecule has 0 amide bonds. The smallest absolute Gasteiger partial charge is 0.309 e. The van der Waals surface area contributed by atoms with Gasteiger partial charge in [0.15, 0.2) is 0 Å². The van der Waals surface area contributed by atoms with Gasteiger partial charge in [-0.15, -0.1) is 0 Å². The zero-order valence-corrected chi connectivity index (χ0v) is 16.1. The number of carboxylic acid groups (broad SMARTS) is 1. The fourth-order valence-electron chi connectivity index (χ4n) is 7.02. The predicted molar refractivity (Wildman–Crippen MR) is 98.4 cm³/mol. The Balaban J connectivity index is 1.88. The van der Waals surface area contributed by atoms with Gasteiger partial charge in [0, 0.05) is 12.3 Å². The number of aliphatic carboxylic acids is 1. The fraction of sp³-hybridized carbons (Fsp3) is 0.727. The summed E-state index contributed by atoms with van der Waals surface area (Å²) in [6.45, 7) is 9.95. The highest BCUT2D eigenvalue weighted by molar-refractivity contribution is 5.75. The first-order valence-corrected chi connectivity index (χ1v) is 9.94. The lowest BCUT2D eigenvalue weighted by molar-refractivity contribution is -0.179. The number of rotatable bonds is 2. The van der Waals surface area contributed by atoms with Gasteiger partial charge in [0.25, 0.3) is 0 Å². The Bertz CT molecular complexity index is 722. The third-order valence-corrected chi connectivity index (χ3v) is 8.28. The van der Waals surface area contributed by atoms with Crippen LogP contribution in [0.5, 0.6) is 0 Å². The summed E-state index contributed by atoms with van der Waals surface area (Å²) in [6.07, 6.45) is 8.43. The summed E-state index contributed by atoms with van der Waals surface area (Å²) < 4.78 is 5.88. The molecule has 0 aromatic rings. The highest BCUT2D eigenvalue weighted by Gasteiger charge is 2.66. The number of hydrogen-bond acceptors (Lipinski definition) is 3. The van der Waals surface area contributed by atoms with E-state index in [0.717, 1.165) is 32.1 Å². The third-order valence-electron chi connectivity index (χ3n) is 8.28. The lowest BCUT2D eigenvalue weighted by Gasteiger charge is -2.65. The van der Waals surface area contributed by atoms with Crippen molar-refractivity contribution in [1.29, 1.82) is 0 Å². The number of carboxylic acids is 1. The Morgan fingerprint density at radius 1 is 1.27 bits per heavy atom. The molecule has 0 aliphatic heterocycles. The van der Waals surface area contributed by atoms with Crippen LogP contribution in [-0.4, -0.2) is 23.1 Å². The van der Waals surface area contributed by atoms with Crippen LogP contribution in [0.1, 0.15) is 65.7 Å². The van der Waals surface area contributed by atoms with E-state index in [-0.39, 0.29) is 28.8 Å². The predicted octanol–water partition coefficient (Wildman–Crippen LogP) is 4.50. The topological polar surface area (TPSA) is 63.6 Å². The highest BCUT2D eigenvalue weighted by Crippen LogP contribution is 2.70. The number of hydrogen-bond donors (Lipinski definition) is 1. The van der Waals surface area contributed by atoms with Gasteiger partial charge in [0.05, 0.1) is 5.41 Å². The molecular formula is C22H30O4. The molecule has 1 N–H and O–H groups in total. The molecule has 5 aliphatic carbocycles. The Morgan fingerprint density at radius 2 is 2.00 bits per heavy atom. The summed E-state index contributed by atoms with van der Waals surface area (Å²) in [5.41, 5.74) is 1.57. The maximum absolute atomic E-state index is 12.2. The van der Waals surface area contributed by atoms with Crippen LogP contribution in [0.25, 0.3) is 0 Å². The Kier molecular flexibility index (Phi) is 3.74. The van der Waals surface area contributed by atoms with E-state index in [1.165, 1.54) is 18.1 Å². The number of ether oxygens (including phenoxy) is 1. The van der Waals surface area contributed by atoms with Crippen LogP contribution in [0.15, 0.2) is 23.8 Å². The van der Waals surface area contributed by atoms with Gasteiger partial charge in [-0.25, -0.2) is 0 Å². The number of carbonyl (C=O) groups excluding carboxylic acids is 1. The SMILES string of the molecule is C=C1C[C@]23CC[C@H]1C=C2[C@]1(C)CCC[C@@](C)(C(=O)O)[C@@H]1C[C@H]3OC(C)=O. The van der Waals surface area contributed by atoms with Gasteiger partial charge in [-0.1, -0.05) is 37.1 Å². The summed E-state index contributed by atoms with van der Waals surface area (Å²) in [5.74, 6) is -0.580. The molecular weight excluding hydrogens is 328 g/mol. The lowest BCUT2D eigenvalue weighted by Crippen LogP contribution is -2.61. The first kappa shape index (κ1) is 17.8. The number of esters is 1. The van der Waals surface area contributed by atoms with Crippen LogP contribution in [0.4, 0.5) is 0 Å². The normalized spacial score (nSPS) is 46.8. The molecule has 0 aromatic heterocycles. The second-order valence-corrected chi connectivity index (χ2v) is 9.60. The molecule has 4 nitrogen and oxygen atoms in total. The molecule has 0 radical (unpaired) electrons. The standard InChI is InChI=1S/C22H30O4/c1-13-12-22-9-6-15(13)10-17(22)20(3)7-5-8-21(4,19(24)25)16(20)11-18(22)26-14(2)23/h10,15-16,18H,1,5-9,11-12H2,2-4H3,(H,24,25)/t15-,16+,18+,20+,21+,22+/m0/s1. The summed E-state index contributed by atoms with van der Waals surface area (Å²) in [7, 11) is 0. The first-order valence-electron chi connectivity index (χ1n) is 9.94. The molecule has 1 spiro atoms. The molecule has 26 heavy (non-hydrogen) atoms. The van der Waals surface area contributed by atoms with Crippen molar-refractivity contribution in [1.82, 2.24) is 0 Å². The monoisotopic (exact) mass is 358 g/mol. The molecule has 5 rings (SSSR count). The Labute approximate surface area is 155 Å². The van der Waals surface area contributed by atoms with Crippen molar-refractivity contribution in [2.24, 2.45) is 28.1 Å². The van der Waals surface area contributed by atoms with Crippen molar-refractivity contribution in [2.75, 3.05) is 0 Å². The van der Waals surface area contributed by atoms with Gasteiger partial charge < -0.3 is 9.84 Å². The van der Waals surface area contributed by atoms with Crippen molar-refractivity contribution < 1.29 is 19.4 Å². The van der Waals surface area contributed by atoms with E-state index in [2.05, 4.69) is 19.6 Å². The Morgan fingerprint density at radius 3 is 2.62 bits per heavy atom. The largest absolute Gasteiger partial charge is 0.481 e. The van der Waals surface area contributed by atoms with Crippen molar-refractivity contribution >= 4 is 11.9 Å². The molecule has 6 atom stereocenters. The number of fused-ring (bicyclic) bond motifs is 3. The van der Waals surface area contributed by atoms with Crippen LogP contribution < -0.4 is 0 Å². The summed E-state index contributed by atoms with van der Waals surface area (Å²) >= 11 is 0. The van der Waals surface area contributed by atoms with Crippen LogP contribution in [0.2, 0.25) is 0 Å². The molecule has 0 unspecified atom stereocenters. The molecule has 4 heteroatoms. The van der Waals surface area contributed by atoms with Crippen molar-refractivity contribution in [3.63, 3.8) is 0 Å². The van der Waals surface area contributed by atoms with E-state index in [1.54, 1.807) is 0 Å². The highest BCUT2D eigenvalue weighted by atomic mass is 16.5. The summed E-state index contributed by atoms with van der Waals surface area (Å²) in [5, 5.41) is 10.0. The van der Waals surface area contributed by atoms with E-state index >= 15 is 0 Å². The fourth-order valence-corrected chi connectivity index (χ4v) is 7.02. The molecule has 5 aliphatic rings. The molecule has 0 aromatic carbocycles. The van der Waals surface area contributed by atoms with Crippen LogP contribution in [0, 0.1) is 28.1 Å². The molecule has 3 fully saturated rings. The molecule has 3 saturated carbocycles. The molecule has 0 saturated heterocycles. The second-order valence-electron chi connectivity index (χ2n) is 9.60. The zero-order valence-electron chi connectivity index (χ0n) is 16.1. The van der Waals surface area contributed by atoms with Gasteiger partial charge in [-0.3, -0.25) is 9.59 Å². The van der Waals surface area contributed by atoms with Gasteiger partial charge in [-0.05, 0) is 62.7 Å². The Hall–Kier alpha value is -1.58. The van der Waals surface area contributed by atoms with E-state index in [9.17, 15) is 14.7 Å².